The molecule has 4 heterocycles. The van der Waals surface area contributed by atoms with Crippen molar-refractivity contribution in [2.24, 2.45) is 11.8 Å². The van der Waals surface area contributed by atoms with E-state index in [2.05, 4.69) is 16.3 Å². The van der Waals surface area contributed by atoms with Crippen LogP contribution in [0.4, 0.5) is 0 Å². The first kappa shape index (κ1) is 16.5. The number of aromatic nitrogens is 1. The number of nitrogens with zero attached hydrogens (tertiary/aromatic N) is 2. The van der Waals surface area contributed by atoms with Gasteiger partial charge in [-0.2, -0.15) is 0 Å². The molecule has 126 valence electrons. The molecule has 4 rings (SSSR count). The van der Waals surface area contributed by atoms with E-state index >= 15 is 0 Å². The molecular weight excluding hydrogens is 314 g/mol. The van der Waals surface area contributed by atoms with Crippen LogP contribution in [0.5, 0.6) is 0 Å². The van der Waals surface area contributed by atoms with Gasteiger partial charge in [0.1, 0.15) is 0 Å². The van der Waals surface area contributed by atoms with E-state index in [0.717, 1.165) is 57.7 Å². The average Bonchev–Trinajstić information content (AvgIpc) is 2.56. The molecule has 1 aromatic heterocycles. The van der Waals surface area contributed by atoms with E-state index in [4.69, 9.17) is 0 Å². The molecular formula is C17H24ClN3O2. The lowest BCUT2D eigenvalue weighted by Crippen LogP contribution is -2.51. The predicted molar refractivity (Wildman–Crippen MR) is 91.0 cm³/mol. The normalized spacial score (nSPS) is 27.0. The third-order valence-corrected chi connectivity index (χ3v) is 5.48. The van der Waals surface area contributed by atoms with Crippen LogP contribution in [0.15, 0.2) is 23.0 Å². The number of fused-ring (bicyclic) bond motifs is 4. The molecule has 6 heteroatoms. The van der Waals surface area contributed by atoms with Crippen LogP contribution >= 0.6 is 12.4 Å². The van der Waals surface area contributed by atoms with Crippen molar-refractivity contribution < 1.29 is 4.79 Å². The van der Waals surface area contributed by atoms with Gasteiger partial charge in [-0.05, 0) is 44.3 Å². The second-order valence-corrected chi connectivity index (χ2v) is 6.97. The number of hydrogen-bond acceptors (Lipinski definition) is 3. The van der Waals surface area contributed by atoms with Gasteiger partial charge in [0.2, 0.25) is 5.91 Å². The van der Waals surface area contributed by atoms with Gasteiger partial charge in [0.05, 0.1) is 0 Å². The monoisotopic (exact) mass is 337 g/mol. The summed E-state index contributed by atoms with van der Waals surface area (Å²) >= 11 is 0. The highest BCUT2D eigenvalue weighted by atomic mass is 35.5. The molecule has 3 aliphatic heterocycles. The van der Waals surface area contributed by atoms with Crippen molar-refractivity contribution in [2.75, 3.05) is 26.2 Å². The summed E-state index contributed by atoms with van der Waals surface area (Å²) in [6, 6.07) is 5.55. The highest BCUT2D eigenvalue weighted by molar-refractivity contribution is 5.85. The second-order valence-electron chi connectivity index (χ2n) is 6.97. The van der Waals surface area contributed by atoms with Gasteiger partial charge >= 0.3 is 0 Å². The lowest BCUT2D eigenvalue weighted by molar-refractivity contribution is -0.139. The van der Waals surface area contributed by atoms with Crippen LogP contribution in [-0.2, 0) is 11.3 Å². The number of rotatable bonds is 1. The van der Waals surface area contributed by atoms with Crippen molar-refractivity contribution in [1.82, 2.24) is 14.8 Å². The van der Waals surface area contributed by atoms with Crippen LogP contribution < -0.4 is 10.9 Å². The van der Waals surface area contributed by atoms with E-state index in [1.165, 1.54) is 0 Å². The van der Waals surface area contributed by atoms with Gasteiger partial charge in [-0.25, -0.2) is 0 Å². The van der Waals surface area contributed by atoms with Gasteiger partial charge < -0.3 is 14.8 Å². The molecule has 0 saturated carbocycles. The van der Waals surface area contributed by atoms with Gasteiger partial charge in [0.15, 0.2) is 0 Å². The minimum atomic E-state index is 0. The number of carbonyl (C=O) groups is 1. The third-order valence-electron chi connectivity index (χ3n) is 5.48. The van der Waals surface area contributed by atoms with Gasteiger partial charge in [-0.1, -0.05) is 6.07 Å². The molecule has 2 bridgehead atoms. The Balaban J connectivity index is 0.00000156. The summed E-state index contributed by atoms with van der Waals surface area (Å²) in [5, 5.41) is 3.32. The first-order valence-electron chi connectivity index (χ1n) is 8.41. The van der Waals surface area contributed by atoms with E-state index in [1.54, 1.807) is 6.07 Å². The minimum Gasteiger partial charge on any atom is -0.341 e. The number of nitrogens with one attached hydrogen (secondary N) is 1. The predicted octanol–water partition coefficient (Wildman–Crippen LogP) is 1.22. The van der Waals surface area contributed by atoms with Crippen molar-refractivity contribution in [3.05, 3.63) is 34.2 Å². The zero-order valence-corrected chi connectivity index (χ0v) is 14.1. The van der Waals surface area contributed by atoms with Crippen LogP contribution in [0, 0.1) is 11.8 Å². The van der Waals surface area contributed by atoms with Crippen molar-refractivity contribution in [2.45, 2.75) is 31.7 Å². The van der Waals surface area contributed by atoms with Gasteiger partial charge in [0.25, 0.3) is 5.56 Å². The molecule has 1 amide bonds. The Labute approximate surface area is 142 Å². The van der Waals surface area contributed by atoms with Crippen LogP contribution in [0.25, 0.3) is 0 Å². The Morgan fingerprint density at radius 2 is 1.91 bits per heavy atom. The number of hydrogen-bond donors (Lipinski definition) is 1. The summed E-state index contributed by atoms with van der Waals surface area (Å²) in [6.45, 7) is 4.27. The SMILES string of the molecule is Cl.O=C(C1CCNCC1)N1CC2C[C@@H](C1)Cn1c2cccc1=O. The minimum absolute atomic E-state index is 0. The van der Waals surface area contributed by atoms with Crippen molar-refractivity contribution in [1.29, 1.82) is 0 Å². The van der Waals surface area contributed by atoms with Crippen LogP contribution in [-0.4, -0.2) is 41.6 Å². The fourth-order valence-corrected chi connectivity index (χ4v) is 4.40. The van der Waals surface area contributed by atoms with Crippen molar-refractivity contribution >= 4 is 18.3 Å². The molecule has 1 N–H and O–H groups in total. The summed E-state index contributed by atoms with van der Waals surface area (Å²) < 4.78 is 1.92. The largest absolute Gasteiger partial charge is 0.341 e. The fourth-order valence-electron chi connectivity index (χ4n) is 4.40. The maximum Gasteiger partial charge on any atom is 0.250 e. The summed E-state index contributed by atoms with van der Waals surface area (Å²) in [5.41, 5.74) is 1.22. The standard InChI is InChI=1S/C17H23N3O2.ClH/c21-16-3-1-2-15-14-8-12(10-20(15)16)9-19(11-14)17(22)13-4-6-18-7-5-13;/h1-3,12-14,18H,4-11H2;1H/t12-,14?;/m0./s1. The molecule has 2 atom stereocenters. The van der Waals surface area contributed by atoms with E-state index in [-0.39, 0.29) is 23.9 Å². The molecule has 2 saturated heterocycles. The molecule has 1 aromatic rings. The Bertz CT molecular complexity index is 639. The Kier molecular flexibility index (Phi) is 4.78. The van der Waals surface area contributed by atoms with E-state index < -0.39 is 0 Å². The Morgan fingerprint density at radius 3 is 2.70 bits per heavy atom. The first-order chi connectivity index (χ1) is 10.7. The number of pyridine rings is 1. The molecule has 2 fully saturated rings. The topological polar surface area (TPSA) is 54.3 Å². The maximum atomic E-state index is 12.8. The Morgan fingerprint density at radius 1 is 1.13 bits per heavy atom. The highest BCUT2D eigenvalue weighted by Gasteiger charge is 2.37. The first-order valence-corrected chi connectivity index (χ1v) is 8.41. The maximum absolute atomic E-state index is 12.8. The summed E-state index contributed by atoms with van der Waals surface area (Å²) in [4.78, 5) is 26.9. The molecule has 0 aliphatic carbocycles. The van der Waals surface area contributed by atoms with Gasteiger partial charge in [-0.15, -0.1) is 12.4 Å². The summed E-state index contributed by atoms with van der Waals surface area (Å²) in [7, 11) is 0. The fraction of sp³-hybridized carbons (Fsp3) is 0.647. The number of halogens is 1. The lowest BCUT2D eigenvalue weighted by Gasteiger charge is -2.44. The number of piperidine rings is 2. The third kappa shape index (κ3) is 3.04. The number of likely N-dealkylation sites (tertiary alicyclic amines) is 1. The van der Waals surface area contributed by atoms with E-state index in [9.17, 15) is 9.59 Å². The molecule has 0 spiro atoms. The van der Waals surface area contributed by atoms with E-state index in [0.29, 0.717) is 17.7 Å². The van der Waals surface area contributed by atoms with Crippen LogP contribution in [0.3, 0.4) is 0 Å². The lowest BCUT2D eigenvalue weighted by atomic mass is 9.82. The van der Waals surface area contributed by atoms with E-state index in [1.807, 2.05) is 10.6 Å². The molecule has 0 aromatic carbocycles. The number of carbonyl (C=O) groups excluding carboxylic acids is 1. The Hall–Kier alpha value is -1.33. The number of amides is 1. The highest BCUT2D eigenvalue weighted by Crippen LogP contribution is 2.35. The van der Waals surface area contributed by atoms with Crippen LogP contribution in [0.2, 0.25) is 0 Å². The molecule has 23 heavy (non-hydrogen) atoms. The molecule has 0 radical (unpaired) electrons. The van der Waals surface area contributed by atoms with Gasteiger partial charge in [0, 0.05) is 43.2 Å². The zero-order chi connectivity index (χ0) is 15.1. The van der Waals surface area contributed by atoms with Gasteiger partial charge in [-0.3, -0.25) is 9.59 Å². The molecule has 5 nitrogen and oxygen atoms in total. The molecule has 1 unspecified atom stereocenters. The van der Waals surface area contributed by atoms with Crippen molar-refractivity contribution in [3.8, 4) is 0 Å². The summed E-state index contributed by atoms with van der Waals surface area (Å²) in [5.74, 6) is 1.28. The second kappa shape index (κ2) is 6.65. The van der Waals surface area contributed by atoms with Crippen molar-refractivity contribution in [3.63, 3.8) is 0 Å². The molecule has 3 aliphatic rings. The van der Waals surface area contributed by atoms with Crippen LogP contribution in [0.1, 0.15) is 30.9 Å². The zero-order valence-electron chi connectivity index (χ0n) is 13.2. The smallest absolute Gasteiger partial charge is 0.250 e. The average molecular weight is 338 g/mol. The summed E-state index contributed by atoms with van der Waals surface area (Å²) in [6.07, 6.45) is 3.03. The quantitative estimate of drug-likeness (QED) is 0.838.